The minimum absolute atomic E-state index is 0.0105. The Morgan fingerprint density at radius 3 is 2.73 bits per heavy atom. The number of nitro groups is 1. The maximum absolute atomic E-state index is 11.4. The Balaban J connectivity index is 2.15. The van der Waals surface area contributed by atoms with Gasteiger partial charge in [0.05, 0.1) is 17.1 Å². The quantitative estimate of drug-likeness (QED) is 0.645. The van der Waals surface area contributed by atoms with E-state index in [0.717, 1.165) is 31.2 Å². The number of non-ortho nitro benzene ring substituents is 1. The van der Waals surface area contributed by atoms with Crippen molar-refractivity contribution in [3.05, 3.63) is 33.9 Å². The Hall–Kier alpha value is -2.11. The van der Waals surface area contributed by atoms with Crippen LogP contribution in [0.4, 0.5) is 5.69 Å². The highest BCUT2D eigenvalue weighted by Crippen LogP contribution is 2.29. The van der Waals surface area contributed by atoms with Gasteiger partial charge in [0.2, 0.25) is 5.91 Å². The Labute approximate surface area is 130 Å². The van der Waals surface area contributed by atoms with Crippen LogP contribution in [0.2, 0.25) is 0 Å². The third-order valence-electron chi connectivity index (χ3n) is 3.90. The molecular formula is C16H22N2O4. The molecule has 1 N–H and O–H groups in total. The fourth-order valence-electron chi connectivity index (χ4n) is 2.59. The summed E-state index contributed by atoms with van der Waals surface area (Å²) in [5, 5.41) is 13.7. The lowest BCUT2D eigenvalue weighted by atomic mass is 9.97. The third-order valence-corrected chi connectivity index (χ3v) is 3.90. The Morgan fingerprint density at radius 2 is 2.09 bits per heavy atom. The number of carbonyl (C=O) groups is 1. The summed E-state index contributed by atoms with van der Waals surface area (Å²) in [4.78, 5) is 21.9. The van der Waals surface area contributed by atoms with Crippen molar-refractivity contribution in [2.24, 2.45) is 0 Å². The monoisotopic (exact) mass is 306 g/mol. The molecule has 0 unspecified atom stereocenters. The highest BCUT2D eigenvalue weighted by Gasteiger charge is 2.19. The number of nitrogens with one attached hydrogen (secondary N) is 1. The number of nitrogens with zero attached hydrogens (tertiary/aromatic N) is 1. The number of ether oxygens (including phenoxy) is 1. The molecule has 22 heavy (non-hydrogen) atoms. The van der Waals surface area contributed by atoms with E-state index >= 15 is 0 Å². The van der Waals surface area contributed by atoms with Crippen LogP contribution in [0.25, 0.3) is 0 Å². The van der Waals surface area contributed by atoms with Crippen molar-refractivity contribution in [3.8, 4) is 5.75 Å². The highest BCUT2D eigenvalue weighted by atomic mass is 16.6. The fourth-order valence-corrected chi connectivity index (χ4v) is 2.59. The summed E-state index contributed by atoms with van der Waals surface area (Å²) in [6, 6.07) is 4.56. The lowest BCUT2D eigenvalue weighted by molar-refractivity contribution is -0.385. The standard InChI is InChI=1S/C16H22N2O4/c1-2-16(19)17-11-12-8-9-13(18(20)21)10-15(12)22-14-6-4-3-5-7-14/h8-10,14H,2-7,11H2,1H3,(H,17,19). The Morgan fingerprint density at radius 1 is 1.36 bits per heavy atom. The molecule has 0 aliphatic heterocycles. The Kier molecular flexibility index (Phi) is 5.75. The molecule has 0 saturated heterocycles. The third kappa shape index (κ3) is 4.44. The number of hydrogen-bond donors (Lipinski definition) is 1. The van der Waals surface area contributed by atoms with E-state index in [9.17, 15) is 14.9 Å². The summed E-state index contributed by atoms with van der Waals surface area (Å²) in [7, 11) is 0. The van der Waals surface area contributed by atoms with Crippen LogP contribution in [0.1, 0.15) is 51.0 Å². The molecule has 0 radical (unpaired) electrons. The molecule has 6 heteroatoms. The van der Waals surface area contributed by atoms with Crippen LogP contribution in [0.15, 0.2) is 18.2 Å². The van der Waals surface area contributed by atoms with Gasteiger partial charge in [0.1, 0.15) is 5.75 Å². The predicted octanol–water partition coefficient (Wildman–Crippen LogP) is 3.33. The van der Waals surface area contributed by atoms with Gasteiger partial charge in [0.15, 0.2) is 0 Å². The van der Waals surface area contributed by atoms with E-state index in [1.807, 2.05) is 0 Å². The summed E-state index contributed by atoms with van der Waals surface area (Å²) < 4.78 is 5.99. The number of carbonyl (C=O) groups excluding carboxylic acids is 1. The second-order valence-electron chi connectivity index (χ2n) is 5.56. The van der Waals surface area contributed by atoms with E-state index in [0.29, 0.717) is 18.7 Å². The van der Waals surface area contributed by atoms with E-state index in [-0.39, 0.29) is 17.7 Å². The molecule has 1 aromatic rings. The zero-order valence-electron chi connectivity index (χ0n) is 12.8. The highest BCUT2D eigenvalue weighted by molar-refractivity contribution is 5.75. The maximum Gasteiger partial charge on any atom is 0.273 e. The van der Waals surface area contributed by atoms with Crippen LogP contribution in [-0.2, 0) is 11.3 Å². The van der Waals surface area contributed by atoms with Crippen molar-refractivity contribution in [2.75, 3.05) is 0 Å². The van der Waals surface area contributed by atoms with Crippen LogP contribution >= 0.6 is 0 Å². The van der Waals surface area contributed by atoms with Gasteiger partial charge >= 0.3 is 0 Å². The second kappa shape index (κ2) is 7.77. The zero-order valence-corrected chi connectivity index (χ0v) is 12.8. The molecule has 120 valence electrons. The van der Waals surface area contributed by atoms with Crippen molar-refractivity contribution in [1.29, 1.82) is 0 Å². The molecule has 6 nitrogen and oxygen atoms in total. The summed E-state index contributed by atoms with van der Waals surface area (Å²) in [6.07, 6.45) is 5.94. The summed E-state index contributed by atoms with van der Waals surface area (Å²) in [6.45, 7) is 2.11. The van der Waals surface area contributed by atoms with Gasteiger partial charge in [-0.25, -0.2) is 0 Å². The van der Waals surface area contributed by atoms with Crippen molar-refractivity contribution >= 4 is 11.6 Å². The molecule has 0 bridgehead atoms. The van der Waals surface area contributed by atoms with Crippen molar-refractivity contribution in [2.45, 2.75) is 58.1 Å². The molecule has 1 aliphatic carbocycles. The maximum atomic E-state index is 11.4. The van der Waals surface area contributed by atoms with E-state index in [1.165, 1.54) is 18.6 Å². The van der Waals surface area contributed by atoms with Crippen molar-refractivity contribution in [3.63, 3.8) is 0 Å². The van der Waals surface area contributed by atoms with Gasteiger partial charge in [0.25, 0.3) is 5.69 Å². The van der Waals surface area contributed by atoms with Gasteiger partial charge < -0.3 is 10.1 Å². The molecule has 0 atom stereocenters. The van der Waals surface area contributed by atoms with Gasteiger partial charge in [0, 0.05) is 24.6 Å². The number of benzene rings is 1. The van der Waals surface area contributed by atoms with Crippen molar-refractivity contribution in [1.82, 2.24) is 5.32 Å². The van der Waals surface area contributed by atoms with Crippen LogP contribution in [0.5, 0.6) is 5.75 Å². The number of amides is 1. The fraction of sp³-hybridized carbons (Fsp3) is 0.562. The lowest BCUT2D eigenvalue weighted by Crippen LogP contribution is -2.24. The first-order valence-corrected chi connectivity index (χ1v) is 7.81. The van der Waals surface area contributed by atoms with Crippen LogP contribution in [0.3, 0.4) is 0 Å². The molecule has 1 aliphatic rings. The predicted molar refractivity (Wildman–Crippen MR) is 82.7 cm³/mol. The SMILES string of the molecule is CCC(=O)NCc1ccc([N+](=O)[O-])cc1OC1CCCCC1. The van der Waals surface area contributed by atoms with Gasteiger partial charge in [-0.05, 0) is 31.7 Å². The smallest absolute Gasteiger partial charge is 0.273 e. The summed E-state index contributed by atoms with van der Waals surface area (Å²) >= 11 is 0. The Bertz CT molecular complexity index is 539. The number of nitro benzene ring substituents is 1. The van der Waals surface area contributed by atoms with Crippen LogP contribution in [-0.4, -0.2) is 16.9 Å². The largest absolute Gasteiger partial charge is 0.490 e. The van der Waals surface area contributed by atoms with Gasteiger partial charge in [-0.3, -0.25) is 14.9 Å². The van der Waals surface area contributed by atoms with E-state index in [4.69, 9.17) is 4.74 Å². The van der Waals surface area contributed by atoms with Gasteiger partial charge in [-0.15, -0.1) is 0 Å². The van der Waals surface area contributed by atoms with Gasteiger partial charge in [-0.1, -0.05) is 13.3 Å². The minimum Gasteiger partial charge on any atom is -0.490 e. The molecule has 1 fully saturated rings. The van der Waals surface area contributed by atoms with Gasteiger partial charge in [-0.2, -0.15) is 0 Å². The first-order chi connectivity index (χ1) is 10.6. The molecule has 1 saturated carbocycles. The van der Waals surface area contributed by atoms with E-state index in [2.05, 4.69) is 5.32 Å². The number of rotatable bonds is 6. The molecule has 1 aromatic carbocycles. The molecule has 1 amide bonds. The van der Waals surface area contributed by atoms with Crippen LogP contribution in [0, 0.1) is 10.1 Å². The first-order valence-electron chi connectivity index (χ1n) is 7.81. The molecular weight excluding hydrogens is 284 g/mol. The molecule has 0 heterocycles. The van der Waals surface area contributed by atoms with Crippen molar-refractivity contribution < 1.29 is 14.5 Å². The molecule has 0 aromatic heterocycles. The van der Waals surface area contributed by atoms with E-state index in [1.54, 1.807) is 13.0 Å². The summed E-state index contributed by atoms with van der Waals surface area (Å²) in [5.74, 6) is 0.458. The second-order valence-corrected chi connectivity index (χ2v) is 5.56. The average Bonchev–Trinajstić information content (AvgIpc) is 2.54. The first kappa shape index (κ1) is 16.3. The lowest BCUT2D eigenvalue weighted by Gasteiger charge is -2.24. The minimum atomic E-state index is -0.428. The normalized spacial score (nSPS) is 15.3. The average molecular weight is 306 g/mol. The topological polar surface area (TPSA) is 81.5 Å². The zero-order chi connectivity index (χ0) is 15.9. The summed E-state index contributed by atoms with van der Waals surface area (Å²) in [5.41, 5.74) is 0.786. The molecule has 0 spiro atoms. The van der Waals surface area contributed by atoms with E-state index < -0.39 is 4.92 Å². The molecule has 2 rings (SSSR count). The van der Waals surface area contributed by atoms with Crippen LogP contribution < -0.4 is 10.1 Å². The number of hydrogen-bond acceptors (Lipinski definition) is 4.